The molecule has 186 valence electrons. The molecule has 0 aliphatic carbocycles. The smallest absolute Gasteiger partial charge is 0.260 e. The molecule has 0 saturated heterocycles. The van der Waals surface area contributed by atoms with E-state index < -0.39 is 17.5 Å². The molecule has 1 aliphatic heterocycles. The van der Waals surface area contributed by atoms with E-state index in [9.17, 15) is 18.7 Å². The highest BCUT2D eigenvalue weighted by atomic mass is 32.2. The van der Waals surface area contributed by atoms with Gasteiger partial charge in [0.05, 0.1) is 30.3 Å². The number of hydrogen-bond donors (Lipinski definition) is 1. The summed E-state index contributed by atoms with van der Waals surface area (Å²) < 4.78 is 51.3. The lowest BCUT2D eigenvalue weighted by Crippen LogP contribution is -2.35. The summed E-state index contributed by atoms with van der Waals surface area (Å²) in [5.41, 5.74) is 0.826. The molecule has 0 radical (unpaired) electrons. The molecular weight excluding hydrogens is 477 g/mol. The van der Waals surface area contributed by atoms with Gasteiger partial charge in [0.15, 0.2) is 11.6 Å². The van der Waals surface area contributed by atoms with Crippen LogP contribution in [0.25, 0.3) is 11.1 Å². The predicted octanol–water partition coefficient (Wildman–Crippen LogP) is 4.41. The van der Waals surface area contributed by atoms with Crippen molar-refractivity contribution in [1.82, 2.24) is 9.47 Å². The van der Waals surface area contributed by atoms with Crippen LogP contribution in [0.1, 0.15) is 22.7 Å². The zero-order chi connectivity index (χ0) is 25.3. The van der Waals surface area contributed by atoms with E-state index in [2.05, 4.69) is 0 Å². The Bertz CT molecular complexity index is 1290. The van der Waals surface area contributed by atoms with Gasteiger partial charge < -0.3 is 14.7 Å². The third-order valence-electron chi connectivity index (χ3n) is 6.39. The van der Waals surface area contributed by atoms with Crippen LogP contribution >= 0.6 is 11.8 Å². The molecule has 5 nitrogen and oxygen atoms in total. The van der Waals surface area contributed by atoms with E-state index >= 15 is 4.39 Å². The van der Waals surface area contributed by atoms with Crippen molar-refractivity contribution in [3.8, 4) is 16.9 Å². The highest BCUT2D eigenvalue weighted by Crippen LogP contribution is 2.41. The fourth-order valence-electron chi connectivity index (χ4n) is 4.59. The Kier molecular flexibility index (Phi) is 7.59. The summed E-state index contributed by atoms with van der Waals surface area (Å²) in [6, 6.07) is 8.03. The number of fused-ring (bicyclic) bond motifs is 1. The average Bonchev–Trinajstić information content (AvgIpc) is 3.23. The quantitative estimate of drug-likeness (QED) is 0.493. The third-order valence-corrected chi connectivity index (χ3v) is 7.65. The molecule has 0 amide bonds. The summed E-state index contributed by atoms with van der Waals surface area (Å²) in [5.74, 6) is -1.45. The van der Waals surface area contributed by atoms with E-state index in [0.717, 1.165) is 0 Å². The molecule has 2 heterocycles. The molecule has 0 bridgehead atoms. The Labute approximate surface area is 206 Å². The summed E-state index contributed by atoms with van der Waals surface area (Å²) in [4.78, 5) is 15.8. The van der Waals surface area contributed by atoms with E-state index in [1.807, 2.05) is 11.9 Å². The van der Waals surface area contributed by atoms with E-state index in [4.69, 9.17) is 4.74 Å². The zero-order valence-corrected chi connectivity index (χ0v) is 20.6. The van der Waals surface area contributed by atoms with Gasteiger partial charge in [-0.1, -0.05) is 18.2 Å². The molecule has 3 aromatic rings. The van der Waals surface area contributed by atoms with Crippen LogP contribution in [0.4, 0.5) is 13.2 Å². The molecular formula is C26H27F3N2O3S. The average molecular weight is 505 g/mol. The summed E-state index contributed by atoms with van der Waals surface area (Å²) in [6.07, 6.45) is -0.0786. The minimum Gasteiger partial charge on any atom is -0.494 e. The Hall–Kier alpha value is -2.75. The predicted molar refractivity (Wildman–Crippen MR) is 131 cm³/mol. The second kappa shape index (κ2) is 10.5. The topological polar surface area (TPSA) is 54.7 Å². The zero-order valence-electron chi connectivity index (χ0n) is 19.8. The SMILES string of the molecule is COc1cccc(-c2c(C)c(Cc3c(F)cccc3F)c3n(c2=O)C(CN(C)CCO)CS3)c1F. The Morgan fingerprint density at radius 3 is 2.49 bits per heavy atom. The monoisotopic (exact) mass is 504 g/mol. The molecule has 1 aromatic heterocycles. The van der Waals surface area contributed by atoms with Gasteiger partial charge in [0.2, 0.25) is 0 Å². The lowest BCUT2D eigenvalue weighted by atomic mass is 9.94. The van der Waals surface area contributed by atoms with Crippen LogP contribution in [0, 0.1) is 24.4 Å². The molecule has 1 unspecified atom stereocenters. The van der Waals surface area contributed by atoms with Crippen molar-refractivity contribution < 1.29 is 23.0 Å². The lowest BCUT2D eigenvalue weighted by Gasteiger charge is -2.24. The Morgan fingerprint density at radius 1 is 1.14 bits per heavy atom. The van der Waals surface area contributed by atoms with Gasteiger partial charge in [-0.05, 0) is 43.3 Å². The number of ether oxygens (including phenoxy) is 1. The molecule has 4 rings (SSSR count). The van der Waals surface area contributed by atoms with Gasteiger partial charge in [-0.3, -0.25) is 9.36 Å². The van der Waals surface area contributed by atoms with Gasteiger partial charge >= 0.3 is 0 Å². The largest absolute Gasteiger partial charge is 0.494 e. The molecule has 1 atom stereocenters. The van der Waals surface area contributed by atoms with Gasteiger partial charge in [-0.15, -0.1) is 11.8 Å². The van der Waals surface area contributed by atoms with Crippen molar-refractivity contribution in [2.24, 2.45) is 0 Å². The van der Waals surface area contributed by atoms with Gasteiger partial charge in [0.1, 0.15) is 11.6 Å². The highest BCUT2D eigenvalue weighted by Gasteiger charge is 2.32. The molecule has 2 aromatic carbocycles. The number of likely N-dealkylation sites (N-methyl/N-ethyl adjacent to an activating group) is 1. The fraction of sp³-hybridized carbons (Fsp3) is 0.346. The second-order valence-electron chi connectivity index (χ2n) is 8.61. The first-order chi connectivity index (χ1) is 16.8. The minimum atomic E-state index is -0.675. The maximum atomic E-state index is 15.3. The molecule has 9 heteroatoms. The number of nitrogens with zero attached hydrogens (tertiary/aromatic N) is 2. The molecule has 0 saturated carbocycles. The van der Waals surface area contributed by atoms with Crippen LogP contribution in [0.15, 0.2) is 46.2 Å². The van der Waals surface area contributed by atoms with Gasteiger partial charge in [0, 0.05) is 36.4 Å². The first kappa shape index (κ1) is 25.3. The van der Waals surface area contributed by atoms with Crippen molar-refractivity contribution in [2.75, 3.05) is 39.6 Å². The lowest BCUT2D eigenvalue weighted by molar-refractivity contribution is 0.205. The summed E-state index contributed by atoms with van der Waals surface area (Å²) in [6.45, 7) is 2.58. The number of methoxy groups -OCH3 is 1. The van der Waals surface area contributed by atoms with E-state index in [1.54, 1.807) is 17.6 Å². The fourth-order valence-corrected chi connectivity index (χ4v) is 5.96. The number of halogens is 3. The van der Waals surface area contributed by atoms with Crippen molar-refractivity contribution in [3.63, 3.8) is 0 Å². The van der Waals surface area contributed by atoms with Gasteiger partial charge in [-0.25, -0.2) is 13.2 Å². The van der Waals surface area contributed by atoms with Crippen LogP contribution in [-0.2, 0) is 6.42 Å². The van der Waals surface area contributed by atoms with E-state index in [0.29, 0.717) is 35.0 Å². The van der Waals surface area contributed by atoms with Crippen molar-refractivity contribution in [3.05, 3.63) is 80.9 Å². The number of benzene rings is 2. The molecule has 35 heavy (non-hydrogen) atoms. The number of pyridine rings is 1. The molecule has 0 fully saturated rings. The maximum Gasteiger partial charge on any atom is 0.260 e. The summed E-state index contributed by atoms with van der Waals surface area (Å²) in [5, 5.41) is 9.92. The molecule has 0 spiro atoms. The summed E-state index contributed by atoms with van der Waals surface area (Å²) in [7, 11) is 3.19. The Balaban J connectivity index is 1.96. The highest BCUT2D eigenvalue weighted by molar-refractivity contribution is 7.99. The number of thioether (sulfide) groups is 1. The third kappa shape index (κ3) is 4.72. The van der Waals surface area contributed by atoms with Crippen LogP contribution in [0.5, 0.6) is 5.75 Å². The van der Waals surface area contributed by atoms with Crippen molar-refractivity contribution in [2.45, 2.75) is 24.4 Å². The first-order valence-corrected chi connectivity index (χ1v) is 12.2. The number of aliphatic hydroxyl groups is 1. The first-order valence-electron chi connectivity index (χ1n) is 11.2. The van der Waals surface area contributed by atoms with Crippen LogP contribution in [0.3, 0.4) is 0 Å². The number of rotatable bonds is 8. The summed E-state index contributed by atoms with van der Waals surface area (Å²) >= 11 is 1.45. The van der Waals surface area contributed by atoms with Crippen molar-refractivity contribution >= 4 is 11.8 Å². The van der Waals surface area contributed by atoms with Gasteiger partial charge in [-0.2, -0.15) is 0 Å². The van der Waals surface area contributed by atoms with Gasteiger partial charge in [0.25, 0.3) is 5.56 Å². The molecule has 1 aliphatic rings. The molecule has 1 N–H and O–H groups in total. The van der Waals surface area contributed by atoms with Crippen LogP contribution in [0.2, 0.25) is 0 Å². The standard InChI is InChI=1S/C26H27F3N2O3S/c1-15-18(12-19-20(27)7-5-8-21(19)28)26-31(16(14-35-26)13-30(2)10-11-32)25(33)23(15)17-6-4-9-22(34-3)24(17)29/h4-9,16,32H,10-14H2,1-3H3. The Morgan fingerprint density at radius 2 is 1.83 bits per heavy atom. The van der Waals surface area contributed by atoms with Crippen molar-refractivity contribution in [1.29, 1.82) is 0 Å². The number of aliphatic hydroxyl groups excluding tert-OH is 1. The normalized spacial score (nSPS) is 15.0. The van der Waals surface area contributed by atoms with E-state index in [1.165, 1.54) is 49.2 Å². The second-order valence-corrected chi connectivity index (χ2v) is 9.62. The number of aromatic nitrogens is 1. The maximum absolute atomic E-state index is 15.3. The number of hydrogen-bond acceptors (Lipinski definition) is 5. The van der Waals surface area contributed by atoms with Crippen LogP contribution < -0.4 is 10.3 Å². The van der Waals surface area contributed by atoms with Crippen LogP contribution in [-0.4, -0.2) is 54.2 Å². The van der Waals surface area contributed by atoms with E-state index in [-0.39, 0.29) is 47.1 Å². The minimum absolute atomic E-state index is 0.00195.